The van der Waals surface area contributed by atoms with Gasteiger partial charge in [0.15, 0.2) is 6.10 Å². The number of rotatable bonds is 3. The highest BCUT2D eigenvalue weighted by atomic mass is 19.1. The lowest BCUT2D eigenvalue weighted by Gasteiger charge is -2.31. The average molecular weight is 310 g/mol. The Labute approximate surface area is 125 Å². The van der Waals surface area contributed by atoms with Gasteiger partial charge < -0.3 is 20.1 Å². The minimum Gasteiger partial charge on any atom is -0.479 e. The molecule has 1 atom stereocenters. The van der Waals surface area contributed by atoms with Gasteiger partial charge in [-0.25, -0.2) is 9.18 Å². The number of hydrogen-bond donors (Lipinski definition) is 2. The number of nitrogens with zero attached hydrogens (tertiary/aromatic N) is 1. The first-order chi connectivity index (χ1) is 10.4. The normalized spacial score (nSPS) is 17.9. The van der Waals surface area contributed by atoms with Crippen molar-refractivity contribution in [2.75, 3.05) is 25.0 Å². The molecule has 2 rings (SSSR count). The zero-order chi connectivity index (χ0) is 16.3. The summed E-state index contributed by atoms with van der Waals surface area (Å²) >= 11 is 0. The first kappa shape index (κ1) is 15.9. The lowest BCUT2D eigenvalue weighted by molar-refractivity contribution is -0.154. The maximum atomic E-state index is 13.9. The lowest BCUT2D eigenvalue weighted by Crippen LogP contribution is -2.48. The molecular weight excluding hydrogens is 295 g/mol. The Hall–Kier alpha value is -2.48. The van der Waals surface area contributed by atoms with Gasteiger partial charge in [-0.3, -0.25) is 9.59 Å². The molecule has 8 heteroatoms. The Morgan fingerprint density at radius 3 is 2.77 bits per heavy atom. The summed E-state index contributed by atoms with van der Waals surface area (Å²) in [5.41, 5.74) is 0.0672. The minimum atomic E-state index is -1.18. The molecule has 1 heterocycles. The Balaban J connectivity index is 2.21. The largest absolute Gasteiger partial charge is 0.479 e. The van der Waals surface area contributed by atoms with E-state index in [9.17, 15) is 18.8 Å². The zero-order valence-corrected chi connectivity index (χ0v) is 11.8. The Morgan fingerprint density at radius 2 is 2.14 bits per heavy atom. The zero-order valence-electron chi connectivity index (χ0n) is 11.8. The number of morpholine rings is 1. The van der Waals surface area contributed by atoms with E-state index >= 15 is 0 Å². The van der Waals surface area contributed by atoms with Crippen molar-refractivity contribution in [3.8, 4) is 0 Å². The van der Waals surface area contributed by atoms with Crippen molar-refractivity contribution in [2.24, 2.45) is 0 Å². The van der Waals surface area contributed by atoms with E-state index < -0.39 is 23.8 Å². The Morgan fingerprint density at radius 1 is 1.41 bits per heavy atom. The number of ether oxygens (including phenoxy) is 1. The van der Waals surface area contributed by atoms with Crippen LogP contribution in [-0.4, -0.2) is 53.6 Å². The van der Waals surface area contributed by atoms with Gasteiger partial charge in [-0.1, -0.05) is 0 Å². The van der Waals surface area contributed by atoms with Crippen LogP contribution in [0.15, 0.2) is 18.2 Å². The van der Waals surface area contributed by atoms with E-state index in [4.69, 9.17) is 9.84 Å². The second-order valence-corrected chi connectivity index (χ2v) is 4.82. The van der Waals surface area contributed by atoms with Crippen molar-refractivity contribution >= 4 is 23.5 Å². The number of carboxylic acid groups (broad SMARTS) is 1. The molecule has 0 radical (unpaired) electrons. The second kappa shape index (κ2) is 6.52. The Kier molecular flexibility index (Phi) is 4.71. The van der Waals surface area contributed by atoms with Gasteiger partial charge in [0.1, 0.15) is 5.82 Å². The number of carboxylic acids is 1. The van der Waals surface area contributed by atoms with Gasteiger partial charge in [-0.2, -0.15) is 0 Å². The third kappa shape index (κ3) is 3.59. The van der Waals surface area contributed by atoms with Crippen LogP contribution in [-0.2, 0) is 14.3 Å². The minimum absolute atomic E-state index is 0.0652. The highest BCUT2D eigenvalue weighted by Gasteiger charge is 2.30. The summed E-state index contributed by atoms with van der Waals surface area (Å²) in [7, 11) is 0. The SMILES string of the molecule is CC(=O)Nc1ccc(F)c(C(=O)N2CCOC(C(=O)O)C2)c1. The van der Waals surface area contributed by atoms with E-state index in [1.807, 2.05) is 0 Å². The van der Waals surface area contributed by atoms with E-state index in [1.54, 1.807) is 0 Å². The summed E-state index contributed by atoms with van der Waals surface area (Å²) in [6.45, 7) is 1.38. The number of nitrogens with one attached hydrogen (secondary N) is 1. The van der Waals surface area contributed by atoms with Crippen molar-refractivity contribution in [1.82, 2.24) is 4.90 Å². The average Bonchev–Trinajstić information content (AvgIpc) is 2.48. The van der Waals surface area contributed by atoms with E-state index in [0.29, 0.717) is 5.69 Å². The number of carbonyl (C=O) groups excluding carboxylic acids is 2. The van der Waals surface area contributed by atoms with Crippen LogP contribution in [0.25, 0.3) is 0 Å². The number of halogens is 1. The van der Waals surface area contributed by atoms with Crippen molar-refractivity contribution < 1.29 is 28.6 Å². The smallest absolute Gasteiger partial charge is 0.334 e. The van der Waals surface area contributed by atoms with Crippen LogP contribution in [0.4, 0.5) is 10.1 Å². The molecule has 7 nitrogen and oxygen atoms in total. The molecule has 1 aromatic rings. The maximum absolute atomic E-state index is 13.9. The first-order valence-corrected chi connectivity index (χ1v) is 6.59. The van der Waals surface area contributed by atoms with Crippen molar-refractivity contribution in [2.45, 2.75) is 13.0 Å². The van der Waals surface area contributed by atoms with E-state index in [0.717, 1.165) is 6.07 Å². The number of anilines is 1. The van der Waals surface area contributed by atoms with Crippen molar-refractivity contribution in [3.05, 3.63) is 29.6 Å². The molecule has 1 aromatic carbocycles. The van der Waals surface area contributed by atoms with Crippen molar-refractivity contribution in [3.63, 3.8) is 0 Å². The molecule has 1 unspecified atom stereocenters. The van der Waals surface area contributed by atoms with E-state index in [2.05, 4.69) is 5.32 Å². The van der Waals surface area contributed by atoms with Gasteiger partial charge in [-0.15, -0.1) is 0 Å². The summed E-state index contributed by atoms with van der Waals surface area (Å²) in [5, 5.41) is 11.4. The molecule has 0 aromatic heterocycles. The number of hydrogen-bond acceptors (Lipinski definition) is 4. The standard InChI is InChI=1S/C14H15FN2O5/c1-8(18)16-9-2-3-11(15)10(6-9)13(19)17-4-5-22-12(7-17)14(20)21/h2-3,6,12H,4-5,7H2,1H3,(H,16,18)(H,20,21). The molecule has 1 aliphatic rings. The summed E-state index contributed by atoms with van der Waals surface area (Å²) in [5.74, 6) is -2.90. The summed E-state index contributed by atoms with van der Waals surface area (Å²) in [6, 6.07) is 3.64. The van der Waals surface area contributed by atoms with Crippen molar-refractivity contribution in [1.29, 1.82) is 0 Å². The van der Waals surface area contributed by atoms with Gasteiger partial charge >= 0.3 is 5.97 Å². The second-order valence-electron chi connectivity index (χ2n) is 4.82. The van der Waals surface area contributed by atoms with Gasteiger partial charge in [0, 0.05) is 19.2 Å². The molecule has 0 aliphatic carbocycles. The highest BCUT2D eigenvalue weighted by molar-refractivity contribution is 5.97. The third-order valence-corrected chi connectivity index (χ3v) is 3.15. The fraction of sp³-hybridized carbons (Fsp3) is 0.357. The third-order valence-electron chi connectivity index (χ3n) is 3.15. The molecule has 2 amide bonds. The molecule has 22 heavy (non-hydrogen) atoms. The highest BCUT2D eigenvalue weighted by Crippen LogP contribution is 2.18. The fourth-order valence-corrected chi connectivity index (χ4v) is 2.12. The lowest BCUT2D eigenvalue weighted by atomic mass is 10.1. The van der Waals surface area contributed by atoms with Crippen LogP contribution >= 0.6 is 0 Å². The molecular formula is C14H15FN2O5. The van der Waals surface area contributed by atoms with Crippen LogP contribution in [0, 0.1) is 5.82 Å². The predicted octanol–water partition coefficient (Wildman–Crippen LogP) is 0.710. The molecule has 0 saturated carbocycles. The molecule has 1 aliphatic heterocycles. The number of amides is 2. The fourth-order valence-electron chi connectivity index (χ4n) is 2.12. The maximum Gasteiger partial charge on any atom is 0.334 e. The summed E-state index contributed by atoms with van der Waals surface area (Å²) in [6.07, 6.45) is -1.13. The first-order valence-electron chi connectivity index (χ1n) is 6.59. The molecule has 0 bridgehead atoms. The number of benzene rings is 1. The van der Waals surface area contributed by atoms with Gasteiger partial charge in [0.25, 0.3) is 5.91 Å². The number of carbonyl (C=O) groups is 3. The van der Waals surface area contributed by atoms with Gasteiger partial charge in [-0.05, 0) is 18.2 Å². The topological polar surface area (TPSA) is 95.9 Å². The monoisotopic (exact) mass is 310 g/mol. The van der Waals surface area contributed by atoms with E-state index in [1.165, 1.54) is 24.0 Å². The van der Waals surface area contributed by atoms with Crippen LogP contribution in [0.5, 0.6) is 0 Å². The van der Waals surface area contributed by atoms with Crippen LogP contribution in [0.2, 0.25) is 0 Å². The molecule has 118 valence electrons. The predicted molar refractivity (Wildman–Crippen MR) is 74.0 cm³/mol. The number of aliphatic carboxylic acids is 1. The van der Waals surface area contributed by atoms with Gasteiger partial charge in [0.2, 0.25) is 5.91 Å². The molecule has 0 spiro atoms. The summed E-state index contributed by atoms with van der Waals surface area (Å²) in [4.78, 5) is 35.5. The summed E-state index contributed by atoms with van der Waals surface area (Å²) < 4.78 is 18.9. The molecule has 2 N–H and O–H groups in total. The molecule has 1 fully saturated rings. The van der Waals surface area contributed by atoms with Crippen LogP contribution in [0.3, 0.4) is 0 Å². The van der Waals surface area contributed by atoms with Crippen LogP contribution < -0.4 is 5.32 Å². The van der Waals surface area contributed by atoms with Gasteiger partial charge in [0.05, 0.1) is 18.7 Å². The van der Waals surface area contributed by atoms with E-state index in [-0.39, 0.29) is 31.2 Å². The molecule has 1 saturated heterocycles. The Bertz CT molecular complexity index is 619. The van der Waals surface area contributed by atoms with Crippen LogP contribution in [0.1, 0.15) is 17.3 Å². The quantitative estimate of drug-likeness (QED) is 0.857.